The van der Waals surface area contributed by atoms with Crippen molar-refractivity contribution in [1.29, 1.82) is 0 Å². The van der Waals surface area contributed by atoms with E-state index in [-0.39, 0.29) is 5.91 Å². The highest BCUT2D eigenvalue weighted by Gasteiger charge is 2.23. The second-order valence-corrected chi connectivity index (χ2v) is 4.85. The van der Waals surface area contributed by atoms with Crippen LogP contribution in [0.4, 0.5) is 0 Å². The molecule has 0 atom stereocenters. The van der Waals surface area contributed by atoms with Crippen molar-refractivity contribution in [3.63, 3.8) is 0 Å². The number of aromatic amines is 1. The van der Waals surface area contributed by atoms with Gasteiger partial charge in [-0.25, -0.2) is 0 Å². The number of carbonyl (C=O) groups excluding carboxylic acids is 1. The van der Waals surface area contributed by atoms with Gasteiger partial charge in [-0.2, -0.15) is 0 Å². The van der Waals surface area contributed by atoms with Crippen molar-refractivity contribution >= 4 is 17.5 Å². The summed E-state index contributed by atoms with van der Waals surface area (Å²) in [7, 11) is 0. The van der Waals surface area contributed by atoms with E-state index in [1.165, 1.54) is 11.3 Å². The number of amides is 1. The molecule has 0 aliphatic carbocycles. The van der Waals surface area contributed by atoms with E-state index in [1.54, 1.807) is 12.1 Å². The van der Waals surface area contributed by atoms with Crippen molar-refractivity contribution in [1.82, 2.24) is 9.88 Å². The maximum absolute atomic E-state index is 12.4. The number of halogens is 1. The molecular formula is C14H13ClN2O. The average molecular weight is 261 g/mol. The fraction of sp³-hybridized carbons (Fsp3) is 0.214. The Morgan fingerprint density at radius 1 is 1.28 bits per heavy atom. The smallest absolute Gasteiger partial charge is 0.255 e. The molecule has 0 unspecified atom stereocenters. The number of benzene rings is 1. The van der Waals surface area contributed by atoms with Gasteiger partial charge in [-0.3, -0.25) is 4.79 Å². The zero-order valence-corrected chi connectivity index (χ0v) is 10.6. The number of hydrogen-bond donors (Lipinski definition) is 1. The lowest BCUT2D eigenvalue weighted by Gasteiger charge is -2.27. The molecular weight excluding hydrogens is 248 g/mol. The van der Waals surface area contributed by atoms with E-state index >= 15 is 0 Å². The summed E-state index contributed by atoms with van der Waals surface area (Å²) in [4.78, 5) is 17.4. The lowest BCUT2D eigenvalue weighted by atomic mass is 10.1. The Morgan fingerprint density at radius 3 is 2.94 bits per heavy atom. The summed E-state index contributed by atoms with van der Waals surface area (Å²) >= 11 is 6.06. The molecule has 3 rings (SSSR count). The Bertz CT molecular complexity index is 591. The van der Waals surface area contributed by atoms with Crippen LogP contribution in [-0.4, -0.2) is 22.3 Å². The monoisotopic (exact) mass is 260 g/mol. The lowest BCUT2D eigenvalue weighted by Crippen LogP contribution is -2.35. The molecule has 0 saturated heterocycles. The highest BCUT2D eigenvalue weighted by molar-refractivity contribution is 6.33. The van der Waals surface area contributed by atoms with E-state index in [0.29, 0.717) is 17.1 Å². The molecule has 0 radical (unpaired) electrons. The van der Waals surface area contributed by atoms with E-state index in [4.69, 9.17) is 11.6 Å². The first-order chi connectivity index (χ1) is 8.75. The maximum atomic E-state index is 12.4. The van der Waals surface area contributed by atoms with Crippen LogP contribution in [0.15, 0.2) is 36.5 Å². The Kier molecular flexibility index (Phi) is 2.84. The number of nitrogens with one attached hydrogen (secondary N) is 1. The lowest BCUT2D eigenvalue weighted by molar-refractivity contribution is 0.0734. The van der Waals surface area contributed by atoms with Crippen LogP contribution in [-0.2, 0) is 13.0 Å². The van der Waals surface area contributed by atoms with Gasteiger partial charge in [0.05, 0.1) is 10.6 Å². The number of H-pyrrole nitrogens is 1. The van der Waals surface area contributed by atoms with Gasteiger partial charge in [-0.1, -0.05) is 23.7 Å². The average Bonchev–Trinajstić information content (AvgIpc) is 2.85. The number of carbonyl (C=O) groups is 1. The van der Waals surface area contributed by atoms with Gasteiger partial charge in [0.25, 0.3) is 5.91 Å². The van der Waals surface area contributed by atoms with Gasteiger partial charge < -0.3 is 9.88 Å². The molecule has 18 heavy (non-hydrogen) atoms. The highest BCUT2D eigenvalue weighted by Crippen LogP contribution is 2.22. The minimum Gasteiger partial charge on any atom is -0.365 e. The predicted octanol–water partition coefficient (Wildman–Crippen LogP) is 2.87. The molecule has 1 N–H and O–H groups in total. The summed E-state index contributed by atoms with van der Waals surface area (Å²) in [6.07, 6.45) is 2.80. The largest absolute Gasteiger partial charge is 0.365 e. The van der Waals surface area contributed by atoms with Gasteiger partial charge in [0, 0.05) is 31.4 Å². The van der Waals surface area contributed by atoms with E-state index < -0.39 is 0 Å². The van der Waals surface area contributed by atoms with Crippen molar-refractivity contribution in [3.8, 4) is 0 Å². The second-order valence-electron chi connectivity index (χ2n) is 4.44. The second kappa shape index (κ2) is 4.50. The normalized spacial score (nSPS) is 14.4. The number of aromatic nitrogens is 1. The summed E-state index contributed by atoms with van der Waals surface area (Å²) in [5, 5.41) is 0.516. The third-order valence-electron chi connectivity index (χ3n) is 3.31. The van der Waals surface area contributed by atoms with Crippen LogP contribution in [0.5, 0.6) is 0 Å². The fourth-order valence-electron chi connectivity index (χ4n) is 2.33. The highest BCUT2D eigenvalue weighted by atomic mass is 35.5. The first-order valence-corrected chi connectivity index (χ1v) is 6.32. The summed E-state index contributed by atoms with van der Waals surface area (Å²) in [6, 6.07) is 9.23. The van der Waals surface area contributed by atoms with Crippen molar-refractivity contribution in [3.05, 3.63) is 58.4 Å². The third kappa shape index (κ3) is 1.91. The molecule has 1 aromatic carbocycles. The Balaban J connectivity index is 1.85. The van der Waals surface area contributed by atoms with Crippen molar-refractivity contribution in [2.75, 3.05) is 6.54 Å². The van der Waals surface area contributed by atoms with Crippen LogP contribution >= 0.6 is 11.6 Å². The standard InChI is InChI=1S/C14H13ClN2O/c15-12-4-2-1-3-11(12)14(18)17-8-6-13-10(9-17)5-7-16-13/h1-5,7,16H,6,8-9H2. The van der Waals surface area contributed by atoms with Crippen LogP contribution in [0.2, 0.25) is 5.02 Å². The Morgan fingerprint density at radius 2 is 2.11 bits per heavy atom. The molecule has 0 fully saturated rings. The molecule has 1 aliphatic heterocycles. The van der Waals surface area contributed by atoms with Crippen LogP contribution in [0.1, 0.15) is 21.6 Å². The van der Waals surface area contributed by atoms with Gasteiger partial charge in [0.15, 0.2) is 0 Å². The zero-order valence-electron chi connectivity index (χ0n) is 9.82. The minimum absolute atomic E-state index is 0.00690. The SMILES string of the molecule is O=C(c1ccccc1Cl)N1CCc2[nH]ccc2C1. The molecule has 1 aliphatic rings. The molecule has 2 heterocycles. The van der Waals surface area contributed by atoms with E-state index in [9.17, 15) is 4.79 Å². The molecule has 2 aromatic rings. The molecule has 0 spiro atoms. The predicted molar refractivity (Wildman–Crippen MR) is 70.7 cm³/mol. The Labute approximate surface area is 110 Å². The van der Waals surface area contributed by atoms with Crippen molar-refractivity contribution in [2.24, 2.45) is 0 Å². The van der Waals surface area contributed by atoms with Gasteiger partial charge in [-0.15, -0.1) is 0 Å². The number of hydrogen-bond acceptors (Lipinski definition) is 1. The summed E-state index contributed by atoms with van der Waals surface area (Å²) in [5.74, 6) is 0.00690. The van der Waals surface area contributed by atoms with Crippen molar-refractivity contribution in [2.45, 2.75) is 13.0 Å². The first kappa shape index (κ1) is 11.4. The van der Waals surface area contributed by atoms with Crippen LogP contribution in [0.25, 0.3) is 0 Å². The summed E-state index contributed by atoms with van der Waals surface area (Å²) in [5.41, 5.74) is 3.01. The van der Waals surface area contributed by atoms with Gasteiger partial charge >= 0.3 is 0 Å². The summed E-state index contributed by atoms with van der Waals surface area (Å²) < 4.78 is 0. The van der Waals surface area contributed by atoms with Gasteiger partial charge in [0.2, 0.25) is 0 Å². The summed E-state index contributed by atoms with van der Waals surface area (Å²) in [6.45, 7) is 1.39. The maximum Gasteiger partial charge on any atom is 0.255 e. The molecule has 4 heteroatoms. The molecule has 1 aromatic heterocycles. The third-order valence-corrected chi connectivity index (χ3v) is 3.64. The number of fused-ring (bicyclic) bond motifs is 1. The van der Waals surface area contributed by atoms with Crippen LogP contribution < -0.4 is 0 Å². The Hall–Kier alpha value is -1.74. The van der Waals surface area contributed by atoms with Crippen LogP contribution in [0, 0.1) is 0 Å². The molecule has 0 bridgehead atoms. The zero-order chi connectivity index (χ0) is 12.5. The molecule has 1 amide bonds. The van der Waals surface area contributed by atoms with Gasteiger partial charge in [0.1, 0.15) is 0 Å². The first-order valence-electron chi connectivity index (χ1n) is 5.94. The van der Waals surface area contributed by atoms with E-state index in [1.807, 2.05) is 29.3 Å². The minimum atomic E-state index is 0.00690. The molecule has 3 nitrogen and oxygen atoms in total. The van der Waals surface area contributed by atoms with E-state index in [0.717, 1.165) is 13.0 Å². The van der Waals surface area contributed by atoms with Crippen LogP contribution in [0.3, 0.4) is 0 Å². The molecule has 92 valence electrons. The quantitative estimate of drug-likeness (QED) is 0.841. The molecule has 0 saturated carbocycles. The topological polar surface area (TPSA) is 36.1 Å². The van der Waals surface area contributed by atoms with Gasteiger partial charge in [-0.05, 0) is 23.8 Å². The fourth-order valence-corrected chi connectivity index (χ4v) is 2.54. The number of rotatable bonds is 1. The van der Waals surface area contributed by atoms with E-state index in [2.05, 4.69) is 4.98 Å². The van der Waals surface area contributed by atoms with Crippen molar-refractivity contribution < 1.29 is 4.79 Å². The number of nitrogens with zero attached hydrogens (tertiary/aromatic N) is 1.